The van der Waals surface area contributed by atoms with E-state index in [1.807, 2.05) is 6.07 Å². The molecular weight excluding hydrogens is 462 g/mol. The van der Waals surface area contributed by atoms with Gasteiger partial charge in [0.25, 0.3) is 11.8 Å². The van der Waals surface area contributed by atoms with Crippen LogP contribution in [0.5, 0.6) is 0 Å². The van der Waals surface area contributed by atoms with Crippen LogP contribution in [0.2, 0.25) is 0 Å². The SMILES string of the molecule is CN=C(NCCN1C(=O)c2ccccc2C1=O)NCc1cccc(F)c1.I. The maximum absolute atomic E-state index is 13.2. The number of amides is 2. The molecule has 142 valence electrons. The van der Waals surface area contributed by atoms with Gasteiger partial charge in [0.05, 0.1) is 11.1 Å². The van der Waals surface area contributed by atoms with Gasteiger partial charge in [0.2, 0.25) is 0 Å². The second-order valence-corrected chi connectivity index (χ2v) is 5.79. The van der Waals surface area contributed by atoms with Crippen LogP contribution in [-0.4, -0.2) is 42.8 Å². The van der Waals surface area contributed by atoms with E-state index in [1.165, 1.54) is 17.0 Å². The number of nitrogens with one attached hydrogen (secondary N) is 2. The summed E-state index contributed by atoms with van der Waals surface area (Å²) in [5.74, 6) is -0.353. The zero-order valence-corrected chi connectivity index (χ0v) is 17.1. The number of nitrogens with zero attached hydrogens (tertiary/aromatic N) is 2. The van der Waals surface area contributed by atoms with E-state index in [1.54, 1.807) is 37.4 Å². The highest BCUT2D eigenvalue weighted by molar-refractivity contribution is 14.0. The summed E-state index contributed by atoms with van der Waals surface area (Å²) in [5.41, 5.74) is 1.66. The van der Waals surface area contributed by atoms with Crippen molar-refractivity contribution in [1.82, 2.24) is 15.5 Å². The number of imide groups is 1. The molecule has 3 rings (SSSR count). The van der Waals surface area contributed by atoms with Crippen LogP contribution < -0.4 is 10.6 Å². The first-order valence-electron chi connectivity index (χ1n) is 8.24. The number of halogens is 2. The Morgan fingerprint density at radius 3 is 2.30 bits per heavy atom. The molecule has 0 unspecified atom stereocenters. The summed E-state index contributed by atoms with van der Waals surface area (Å²) in [6, 6.07) is 13.1. The number of hydrogen-bond donors (Lipinski definition) is 2. The second kappa shape index (κ2) is 9.45. The molecule has 0 spiro atoms. The molecule has 0 atom stereocenters. The van der Waals surface area contributed by atoms with E-state index in [9.17, 15) is 14.0 Å². The van der Waals surface area contributed by atoms with Gasteiger partial charge in [-0.15, -0.1) is 24.0 Å². The Labute approximate surface area is 173 Å². The fourth-order valence-electron chi connectivity index (χ4n) is 2.78. The molecular formula is C19H20FIN4O2. The molecule has 2 aromatic carbocycles. The predicted molar refractivity (Wildman–Crippen MR) is 112 cm³/mol. The van der Waals surface area contributed by atoms with Crippen molar-refractivity contribution in [1.29, 1.82) is 0 Å². The number of benzene rings is 2. The van der Waals surface area contributed by atoms with Gasteiger partial charge >= 0.3 is 0 Å². The van der Waals surface area contributed by atoms with Crippen molar-refractivity contribution in [3.8, 4) is 0 Å². The second-order valence-electron chi connectivity index (χ2n) is 5.79. The summed E-state index contributed by atoms with van der Waals surface area (Å²) in [5, 5.41) is 6.11. The van der Waals surface area contributed by atoms with Gasteiger partial charge in [-0.05, 0) is 29.8 Å². The maximum atomic E-state index is 13.2. The van der Waals surface area contributed by atoms with Crippen molar-refractivity contribution >= 4 is 41.8 Å². The lowest BCUT2D eigenvalue weighted by Gasteiger charge is -2.16. The summed E-state index contributed by atoms with van der Waals surface area (Å²) < 4.78 is 13.2. The van der Waals surface area contributed by atoms with E-state index >= 15 is 0 Å². The lowest BCUT2D eigenvalue weighted by atomic mass is 10.1. The van der Waals surface area contributed by atoms with Gasteiger partial charge in [-0.25, -0.2) is 4.39 Å². The topological polar surface area (TPSA) is 73.8 Å². The minimum absolute atomic E-state index is 0. The zero-order chi connectivity index (χ0) is 18.5. The largest absolute Gasteiger partial charge is 0.355 e. The molecule has 0 aliphatic carbocycles. The van der Waals surface area contributed by atoms with E-state index in [4.69, 9.17) is 0 Å². The highest BCUT2D eigenvalue weighted by Gasteiger charge is 2.34. The number of hydrogen-bond acceptors (Lipinski definition) is 3. The Balaban J connectivity index is 0.00000261. The fraction of sp³-hybridized carbons (Fsp3) is 0.211. The van der Waals surface area contributed by atoms with Crippen molar-refractivity contribution in [2.45, 2.75) is 6.54 Å². The molecule has 27 heavy (non-hydrogen) atoms. The Bertz CT molecular complexity index is 837. The normalized spacial score (nSPS) is 13.3. The average Bonchev–Trinajstić information content (AvgIpc) is 2.89. The van der Waals surface area contributed by atoms with Gasteiger partial charge < -0.3 is 10.6 Å². The number of rotatable bonds is 5. The van der Waals surface area contributed by atoms with Gasteiger partial charge in [-0.3, -0.25) is 19.5 Å². The number of carbonyl (C=O) groups excluding carboxylic acids is 2. The van der Waals surface area contributed by atoms with Crippen molar-refractivity contribution in [3.63, 3.8) is 0 Å². The lowest BCUT2D eigenvalue weighted by molar-refractivity contribution is 0.0657. The van der Waals surface area contributed by atoms with Crippen LogP contribution in [0, 0.1) is 5.82 Å². The molecule has 2 N–H and O–H groups in total. The minimum atomic E-state index is -0.294. The number of guanidine groups is 1. The molecule has 2 amide bonds. The van der Waals surface area contributed by atoms with Crippen molar-refractivity contribution < 1.29 is 14.0 Å². The minimum Gasteiger partial charge on any atom is -0.355 e. The molecule has 0 radical (unpaired) electrons. The molecule has 0 saturated heterocycles. The number of aliphatic imine (C=N–C) groups is 1. The Morgan fingerprint density at radius 1 is 1.04 bits per heavy atom. The van der Waals surface area contributed by atoms with Gasteiger partial charge in [0.15, 0.2) is 5.96 Å². The third kappa shape index (κ3) is 4.82. The highest BCUT2D eigenvalue weighted by atomic mass is 127. The van der Waals surface area contributed by atoms with E-state index in [-0.39, 0.29) is 48.2 Å². The molecule has 1 aliphatic heterocycles. The number of fused-ring (bicyclic) bond motifs is 1. The highest BCUT2D eigenvalue weighted by Crippen LogP contribution is 2.21. The van der Waals surface area contributed by atoms with Gasteiger partial charge in [0.1, 0.15) is 5.82 Å². The summed E-state index contributed by atoms with van der Waals surface area (Å²) in [4.78, 5) is 29.9. The van der Waals surface area contributed by atoms with Crippen LogP contribution in [-0.2, 0) is 6.54 Å². The molecule has 2 aromatic rings. The van der Waals surface area contributed by atoms with E-state index in [0.29, 0.717) is 30.2 Å². The molecule has 0 bridgehead atoms. The van der Waals surface area contributed by atoms with Crippen LogP contribution in [0.1, 0.15) is 26.3 Å². The third-order valence-corrected chi connectivity index (χ3v) is 4.08. The standard InChI is InChI=1S/C19H19FN4O2.HI/c1-21-19(23-12-13-5-4-6-14(20)11-13)22-9-10-24-17(25)15-7-2-3-8-16(15)18(24)26;/h2-8,11H,9-10,12H2,1H3,(H2,21,22,23);1H. The van der Waals surface area contributed by atoms with Crippen molar-refractivity contribution in [2.75, 3.05) is 20.1 Å². The van der Waals surface area contributed by atoms with Crippen molar-refractivity contribution in [3.05, 3.63) is 71.0 Å². The zero-order valence-electron chi connectivity index (χ0n) is 14.7. The van der Waals surface area contributed by atoms with E-state index in [2.05, 4.69) is 15.6 Å². The summed E-state index contributed by atoms with van der Waals surface area (Å²) in [6.07, 6.45) is 0. The summed E-state index contributed by atoms with van der Waals surface area (Å²) in [7, 11) is 1.61. The first-order chi connectivity index (χ1) is 12.6. The monoisotopic (exact) mass is 482 g/mol. The maximum Gasteiger partial charge on any atom is 0.261 e. The molecule has 1 aliphatic rings. The molecule has 0 saturated carbocycles. The predicted octanol–water partition coefficient (Wildman–Crippen LogP) is 2.40. The van der Waals surface area contributed by atoms with Crippen LogP contribution in [0.15, 0.2) is 53.5 Å². The third-order valence-electron chi connectivity index (χ3n) is 4.08. The van der Waals surface area contributed by atoms with Crippen LogP contribution >= 0.6 is 24.0 Å². The number of carbonyl (C=O) groups is 2. The summed E-state index contributed by atoms with van der Waals surface area (Å²) >= 11 is 0. The first-order valence-corrected chi connectivity index (χ1v) is 8.24. The Kier molecular flexibility index (Phi) is 7.28. The molecule has 1 heterocycles. The van der Waals surface area contributed by atoms with Crippen molar-refractivity contribution in [2.24, 2.45) is 4.99 Å². The van der Waals surface area contributed by atoms with E-state index < -0.39 is 0 Å². The van der Waals surface area contributed by atoms with Gasteiger partial charge in [-0.1, -0.05) is 24.3 Å². The first kappa shape index (κ1) is 20.8. The van der Waals surface area contributed by atoms with Gasteiger partial charge in [0, 0.05) is 26.7 Å². The smallest absolute Gasteiger partial charge is 0.261 e. The Hall–Kier alpha value is -2.49. The Morgan fingerprint density at radius 2 is 1.70 bits per heavy atom. The fourth-order valence-corrected chi connectivity index (χ4v) is 2.78. The summed E-state index contributed by atoms with van der Waals surface area (Å²) in [6.45, 7) is 0.992. The van der Waals surface area contributed by atoms with Crippen LogP contribution in [0.25, 0.3) is 0 Å². The molecule has 6 nitrogen and oxygen atoms in total. The van der Waals surface area contributed by atoms with E-state index in [0.717, 1.165) is 5.56 Å². The van der Waals surface area contributed by atoms with Gasteiger partial charge in [-0.2, -0.15) is 0 Å². The molecule has 8 heteroatoms. The van der Waals surface area contributed by atoms with Crippen LogP contribution in [0.3, 0.4) is 0 Å². The molecule has 0 aromatic heterocycles. The lowest BCUT2D eigenvalue weighted by Crippen LogP contribution is -2.42. The quantitative estimate of drug-likeness (QED) is 0.297. The molecule has 0 fully saturated rings. The van der Waals surface area contributed by atoms with Crippen LogP contribution in [0.4, 0.5) is 4.39 Å². The average molecular weight is 482 g/mol.